The van der Waals surface area contributed by atoms with E-state index >= 15 is 0 Å². The molecule has 32 heavy (non-hydrogen) atoms. The van der Waals surface area contributed by atoms with Crippen LogP contribution in [0.25, 0.3) is 0 Å². The summed E-state index contributed by atoms with van der Waals surface area (Å²) in [7, 11) is 0. The van der Waals surface area contributed by atoms with Gasteiger partial charge < -0.3 is 14.2 Å². The lowest BCUT2D eigenvalue weighted by Gasteiger charge is -2.34. The number of esters is 3. The molecular weight excluding hydrogens is 412 g/mol. The smallest absolute Gasteiger partial charge is 0.351 e. The number of ketones is 1. The summed E-state index contributed by atoms with van der Waals surface area (Å²) in [5.41, 5.74) is 1.18. The zero-order valence-electron chi connectivity index (χ0n) is 19.6. The lowest BCUT2D eigenvalue weighted by Crippen LogP contribution is -2.50. The fraction of sp³-hybridized carbons (Fsp3) is 0.520. The van der Waals surface area contributed by atoms with E-state index < -0.39 is 47.6 Å². The molecule has 0 aromatic rings. The number of hydrogen-bond donors (Lipinski definition) is 0. The monoisotopic (exact) mass is 442 g/mol. The number of ether oxygens (including phenoxy) is 3. The SMILES string of the molecule is C/C=C(/C)C(=O)OC1CC(C)=C2C(=O)C=C(C)C2C2OC(=O)C(C)(OC(=O)/C(C)=C\C)C12. The van der Waals surface area contributed by atoms with Gasteiger partial charge in [0, 0.05) is 29.1 Å². The Hall–Kier alpha value is -2.96. The van der Waals surface area contributed by atoms with Crippen molar-refractivity contribution < 1.29 is 33.4 Å². The zero-order valence-corrected chi connectivity index (χ0v) is 19.6. The van der Waals surface area contributed by atoms with Crippen molar-refractivity contribution in [1.29, 1.82) is 0 Å². The van der Waals surface area contributed by atoms with Gasteiger partial charge in [0.05, 0.1) is 5.92 Å². The van der Waals surface area contributed by atoms with Crippen molar-refractivity contribution in [2.24, 2.45) is 11.8 Å². The molecule has 0 bridgehead atoms. The number of allylic oxidation sites excluding steroid dienone is 3. The zero-order chi connectivity index (χ0) is 24.0. The number of rotatable bonds is 4. The Kier molecular flexibility index (Phi) is 6.31. The second-order valence-corrected chi connectivity index (χ2v) is 8.91. The van der Waals surface area contributed by atoms with Gasteiger partial charge in [-0.3, -0.25) is 4.79 Å². The Bertz CT molecular complexity index is 1010. The van der Waals surface area contributed by atoms with Crippen molar-refractivity contribution in [3.05, 3.63) is 46.1 Å². The van der Waals surface area contributed by atoms with Crippen molar-refractivity contribution in [3.63, 3.8) is 0 Å². The van der Waals surface area contributed by atoms with Crippen LogP contribution in [0.2, 0.25) is 0 Å². The fourth-order valence-corrected chi connectivity index (χ4v) is 4.76. The van der Waals surface area contributed by atoms with Crippen LogP contribution in [-0.2, 0) is 33.4 Å². The minimum atomic E-state index is -1.68. The average molecular weight is 443 g/mol. The summed E-state index contributed by atoms with van der Waals surface area (Å²) in [6.07, 6.45) is 3.39. The molecule has 0 spiro atoms. The minimum absolute atomic E-state index is 0.133. The molecule has 1 heterocycles. The van der Waals surface area contributed by atoms with Gasteiger partial charge in [0.25, 0.3) is 0 Å². The number of fused-ring (bicyclic) bond motifs is 3. The van der Waals surface area contributed by atoms with Crippen molar-refractivity contribution in [2.75, 3.05) is 0 Å². The Morgan fingerprint density at radius 2 is 1.69 bits per heavy atom. The summed E-state index contributed by atoms with van der Waals surface area (Å²) in [6, 6.07) is 0. The molecule has 0 amide bonds. The summed E-state index contributed by atoms with van der Waals surface area (Å²) in [5, 5.41) is 0. The number of hydrogen-bond acceptors (Lipinski definition) is 7. The van der Waals surface area contributed by atoms with Crippen molar-refractivity contribution in [3.8, 4) is 0 Å². The Balaban J connectivity index is 2.12. The molecule has 0 N–H and O–H groups in total. The highest BCUT2D eigenvalue weighted by molar-refractivity contribution is 6.09. The molecule has 2 aliphatic carbocycles. The topological polar surface area (TPSA) is 96.0 Å². The third kappa shape index (κ3) is 3.74. The maximum atomic E-state index is 13.1. The highest BCUT2D eigenvalue weighted by Gasteiger charge is 2.65. The first kappa shape index (κ1) is 23.7. The van der Waals surface area contributed by atoms with Crippen LogP contribution in [0, 0.1) is 11.8 Å². The number of carbonyl (C=O) groups is 4. The van der Waals surface area contributed by atoms with Crippen LogP contribution in [0.15, 0.2) is 46.1 Å². The van der Waals surface area contributed by atoms with Gasteiger partial charge in [-0.1, -0.05) is 23.3 Å². The molecule has 0 aromatic heterocycles. The van der Waals surface area contributed by atoms with Gasteiger partial charge in [0.2, 0.25) is 5.60 Å². The second kappa shape index (κ2) is 8.52. The van der Waals surface area contributed by atoms with Crippen molar-refractivity contribution in [1.82, 2.24) is 0 Å². The Morgan fingerprint density at radius 1 is 1.09 bits per heavy atom. The summed E-state index contributed by atoms with van der Waals surface area (Å²) in [4.78, 5) is 51.1. The van der Waals surface area contributed by atoms with Gasteiger partial charge in [-0.2, -0.15) is 0 Å². The molecule has 1 fully saturated rings. The van der Waals surface area contributed by atoms with E-state index in [0.717, 1.165) is 11.1 Å². The maximum Gasteiger partial charge on any atom is 0.351 e. The van der Waals surface area contributed by atoms with Crippen LogP contribution < -0.4 is 0 Å². The van der Waals surface area contributed by atoms with Gasteiger partial charge in [0.1, 0.15) is 12.2 Å². The molecule has 3 aliphatic rings. The lowest BCUT2D eigenvalue weighted by atomic mass is 9.77. The third-order valence-electron chi connectivity index (χ3n) is 6.83. The summed E-state index contributed by atoms with van der Waals surface area (Å²) < 4.78 is 17.4. The maximum absolute atomic E-state index is 13.1. The Labute approximate surface area is 188 Å². The van der Waals surface area contributed by atoms with Crippen LogP contribution in [-0.4, -0.2) is 41.5 Å². The van der Waals surface area contributed by atoms with Crippen molar-refractivity contribution in [2.45, 2.75) is 72.7 Å². The van der Waals surface area contributed by atoms with Crippen LogP contribution in [0.1, 0.15) is 54.9 Å². The van der Waals surface area contributed by atoms with Gasteiger partial charge in [-0.15, -0.1) is 0 Å². The number of carbonyl (C=O) groups excluding carboxylic acids is 4. The van der Waals surface area contributed by atoms with E-state index in [-0.39, 0.29) is 12.2 Å². The van der Waals surface area contributed by atoms with Crippen LogP contribution in [0.3, 0.4) is 0 Å². The molecule has 1 saturated heterocycles. The average Bonchev–Trinajstić information content (AvgIpc) is 3.12. The van der Waals surface area contributed by atoms with E-state index in [9.17, 15) is 19.2 Å². The quantitative estimate of drug-likeness (QED) is 0.373. The minimum Gasteiger partial charge on any atom is -0.458 e. The first-order valence-electron chi connectivity index (χ1n) is 10.8. The molecule has 5 unspecified atom stereocenters. The molecule has 0 saturated carbocycles. The van der Waals surface area contributed by atoms with Gasteiger partial charge in [-0.05, 0) is 54.5 Å². The van der Waals surface area contributed by atoms with E-state index in [4.69, 9.17) is 14.2 Å². The molecule has 0 aromatic carbocycles. The Morgan fingerprint density at radius 3 is 2.28 bits per heavy atom. The molecule has 0 radical (unpaired) electrons. The first-order chi connectivity index (χ1) is 15.0. The second-order valence-electron chi connectivity index (χ2n) is 8.91. The standard InChI is InChI=1S/C25H30O7/c1-8-12(3)22(27)30-17-11-15(6)18-16(26)10-14(5)19(18)21-20(17)25(7,24(29)31-21)32-23(28)13(4)9-2/h8-10,17,19-21H,11H2,1-7H3/b12-8-,13-9-. The molecular formula is C25H30O7. The van der Waals surface area contributed by atoms with Gasteiger partial charge in [-0.25, -0.2) is 14.4 Å². The summed E-state index contributed by atoms with van der Waals surface area (Å²) in [5.74, 6) is -3.27. The molecule has 5 atom stereocenters. The molecule has 7 heteroatoms. The highest BCUT2D eigenvalue weighted by Crippen LogP contribution is 2.51. The van der Waals surface area contributed by atoms with Crippen LogP contribution >= 0.6 is 0 Å². The fourth-order valence-electron chi connectivity index (χ4n) is 4.76. The first-order valence-corrected chi connectivity index (χ1v) is 10.8. The van der Waals surface area contributed by atoms with Crippen LogP contribution in [0.4, 0.5) is 0 Å². The van der Waals surface area contributed by atoms with Crippen molar-refractivity contribution >= 4 is 23.7 Å². The van der Waals surface area contributed by atoms with Crippen LogP contribution in [0.5, 0.6) is 0 Å². The van der Waals surface area contributed by atoms with E-state index in [0.29, 0.717) is 16.7 Å². The normalized spacial score (nSPS) is 32.7. The lowest BCUT2D eigenvalue weighted by molar-refractivity contribution is -0.175. The van der Waals surface area contributed by atoms with E-state index in [2.05, 4.69) is 0 Å². The molecule has 172 valence electrons. The van der Waals surface area contributed by atoms with Gasteiger partial charge in [0.15, 0.2) is 5.78 Å². The summed E-state index contributed by atoms with van der Waals surface area (Å²) >= 11 is 0. The van der Waals surface area contributed by atoms with Gasteiger partial charge >= 0.3 is 17.9 Å². The third-order valence-corrected chi connectivity index (χ3v) is 6.83. The molecule has 3 rings (SSSR count). The van der Waals surface area contributed by atoms with E-state index in [1.54, 1.807) is 45.9 Å². The molecule has 7 nitrogen and oxygen atoms in total. The predicted octanol–water partition coefficient (Wildman–Crippen LogP) is 3.54. The van der Waals surface area contributed by atoms with E-state index in [1.807, 2.05) is 13.8 Å². The predicted molar refractivity (Wildman–Crippen MR) is 116 cm³/mol. The highest BCUT2D eigenvalue weighted by atomic mass is 16.6. The van der Waals surface area contributed by atoms with E-state index in [1.165, 1.54) is 6.92 Å². The summed E-state index contributed by atoms with van der Waals surface area (Å²) in [6.45, 7) is 11.8. The largest absolute Gasteiger partial charge is 0.458 e. The molecule has 1 aliphatic heterocycles.